The molecule has 0 fully saturated rings. The van der Waals surface area contributed by atoms with Crippen molar-refractivity contribution in [1.82, 2.24) is 9.97 Å². The minimum atomic E-state index is -0.127. The second kappa shape index (κ2) is 13.2. The summed E-state index contributed by atoms with van der Waals surface area (Å²) in [5, 5.41) is 2.57. The lowest BCUT2D eigenvalue weighted by molar-refractivity contribution is 0.666. The molecule has 1 aliphatic carbocycles. The van der Waals surface area contributed by atoms with Crippen molar-refractivity contribution in [3.05, 3.63) is 205 Å². The lowest BCUT2D eigenvalue weighted by Crippen LogP contribution is -2.15. The van der Waals surface area contributed by atoms with E-state index in [0.29, 0.717) is 5.82 Å². The van der Waals surface area contributed by atoms with Gasteiger partial charge in [-0.15, -0.1) is 0 Å². The summed E-state index contributed by atoms with van der Waals surface area (Å²) < 4.78 is 0. The van der Waals surface area contributed by atoms with Gasteiger partial charge >= 0.3 is 0 Å². The minimum Gasteiger partial charge on any atom is -0.228 e. The van der Waals surface area contributed by atoms with E-state index in [-0.39, 0.29) is 5.41 Å². The smallest absolute Gasteiger partial charge is 0.160 e. The maximum absolute atomic E-state index is 5.27. The van der Waals surface area contributed by atoms with Crippen LogP contribution < -0.4 is 0 Å². The van der Waals surface area contributed by atoms with E-state index in [1.807, 2.05) is 0 Å². The predicted octanol–water partition coefficient (Wildman–Crippen LogP) is 13.9. The molecule has 260 valence electrons. The number of benzene rings is 8. The number of hydrogen-bond donors (Lipinski definition) is 0. The van der Waals surface area contributed by atoms with E-state index < -0.39 is 0 Å². The zero-order valence-corrected chi connectivity index (χ0v) is 30.9. The van der Waals surface area contributed by atoms with Crippen LogP contribution in [-0.4, -0.2) is 9.97 Å². The van der Waals surface area contributed by atoms with Gasteiger partial charge in [0.15, 0.2) is 5.82 Å². The highest BCUT2D eigenvalue weighted by Crippen LogP contribution is 2.54. The number of fused-ring (bicyclic) bond motifs is 5. The molecule has 9 aromatic rings. The van der Waals surface area contributed by atoms with Crippen LogP contribution in [0.5, 0.6) is 0 Å². The predicted molar refractivity (Wildman–Crippen MR) is 230 cm³/mol. The van der Waals surface area contributed by atoms with Gasteiger partial charge in [0.05, 0.1) is 11.4 Å². The highest BCUT2D eigenvalue weighted by Gasteiger charge is 2.38. The molecular formula is C53H38N2. The van der Waals surface area contributed by atoms with Crippen LogP contribution >= 0.6 is 0 Å². The Labute approximate surface area is 322 Å². The Morgan fingerprint density at radius 1 is 0.364 bits per heavy atom. The molecule has 0 aliphatic heterocycles. The van der Waals surface area contributed by atoms with Gasteiger partial charge in [-0.25, -0.2) is 9.97 Å². The normalized spacial score (nSPS) is 12.7. The fraction of sp³-hybridized carbons (Fsp3) is 0.0566. The van der Waals surface area contributed by atoms with E-state index in [1.54, 1.807) is 0 Å². The largest absolute Gasteiger partial charge is 0.228 e. The summed E-state index contributed by atoms with van der Waals surface area (Å²) in [5.41, 5.74) is 17.3. The van der Waals surface area contributed by atoms with Crippen molar-refractivity contribution in [3.8, 4) is 78.4 Å². The van der Waals surface area contributed by atoms with Crippen LogP contribution in [0, 0.1) is 0 Å². The minimum absolute atomic E-state index is 0.127. The monoisotopic (exact) mass is 702 g/mol. The average Bonchev–Trinajstić information content (AvgIpc) is 3.50. The van der Waals surface area contributed by atoms with Crippen LogP contribution in [0.1, 0.15) is 25.0 Å². The summed E-state index contributed by atoms with van der Waals surface area (Å²) in [4.78, 5) is 10.5. The van der Waals surface area contributed by atoms with Gasteiger partial charge in [-0.1, -0.05) is 190 Å². The molecule has 0 unspecified atom stereocenters. The topological polar surface area (TPSA) is 25.8 Å². The van der Waals surface area contributed by atoms with E-state index in [4.69, 9.17) is 9.97 Å². The molecule has 8 aromatic carbocycles. The van der Waals surface area contributed by atoms with Crippen molar-refractivity contribution >= 4 is 10.8 Å². The van der Waals surface area contributed by atoms with Crippen LogP contribution in [0.2, 0.25) is 0 Å². The molecule has 2 heteroatoms. The summed E-state index contributed by atoms with van der Waals surface area (Å²) in [7, 11) is 0. The number of hydrogen-bond acceptors (Lipinski definition) is 2. The highest BCUT2D eigenvalue weighted by atomic mass is 14.9. The summed E-state index contributed by atoms with van der Waals surface area (Å²) >= 11 is 0. The molecule has 55 heavy (non-hydrogen) atoms. The Bertz CT molecular complexity index is 2750. The maximum Gasteiger partial charge on any atom is 0.160 e. The highest BCUT2D eigenvalue weighted by molar-refractivity contribution is 6.05. The van der Waals surface area contributed by atoms with Crippen molar-refractivity contribution in [2.75, 3.05) is 0 Å². The van der Waals surface area contributed by atoms with E-state index in [1.165, 1.54) is 60.8 Å². The molecule has 1 aromatic heterocycles. The second-order valence-electron chi connectivity index (χ2n) is 15.0. The van der Waals surface area contributed by atoms with Gasteiger partial charge in [0.2, 0.25) is 0 Å². The fourth-order valence-electron chi connectivity index (χ4n) is 8.51. The SMILES string of the molecule is CC1(C)c2ccccc2-c2c(-c3cccc(-c4nc(-c5ccc(-c6ccccc6)cc5)cc(-c5ccc(-c6ccccc6)cc5)n4)c3)cc3ccccc3c21. The summed E-state index contributed by atoms with van der Waals surface area (Å²) in [6.45, 7) is 4.73. The Balaban J connectivity index is 1.12. The molecule has 1 heterocycles. The van der Waals surface area contributed by atoms with Crippen molar-refractivity contribution in [2.45, 2.75) is 19.3 Å². The molecule has 0 radical (unpaired) electrons. The van der Waals surface area contributed by atoms with Gasteiger partial charge in [-0.3, -0.25) is 0 Å². The van der Waals surface area contributed by atoms with E-state index in [2.05, 4.69) is 208 Å². The van der Waals surface area contributed by atoms with Crippen molar-refractivity contribution in [3.63, 3.8) is 0 Å². The van der Waals surface area contributed by atoms with E-state index in [9.17, 15) is 0 Å². The van der Waals surface area contributed by atoms with Crippen molar-refractivity contribution in [1.29, 1.82) is 0 Å². The van der Waals surface area contributed by atoms with Crippen LogP contribution in [0.3, 0.4) is 0 Å². The first-order chi connectivity index (χ1) is 27.0. The third-order valence-corrected chi connectivity index (χ3v) is 11.3. The Hall–Kier alpha value is -6.90. The Morgan fingerprint density at radius 2 is 0.855 bits per heavy atom. The molecule has 1 aliphatic rings. The molecular weight excluding hydrogens is 665 g/mol. The Morgan fingerprint density at radius 3 is 1.49 bits per heavy atom. The molecule has 0 atom stereocenters. The van der Waals surface area contributed by atoms with E-state index in [0.717, 1.165) is 33.6 Å². The summed E-state index contributed by atoms with van der Waals surface area (Å²) in [5.74, 6) is 0.701. The van der Waals surface area contributed by atoms with Crippen molar-refractivity contribution in [2.24, 2.45) is 0 Å². The number of aromatic nitrogens is 2. The van der Waals surface area contributed by atoms with Gasteiger partial charge in [-0.2, -0.15) is 0 Å². The molecule has 0 amide bonds. The van der Waals surface area contributed by atoms with Gasteiger partial charge in [0.25, 0.3) is 0 Å². The zero-order valence-electron chi connectivity index (χ0n) is 30.9. The summed E-state index contributed by atoms with van der Waals surface area (Å²) in [6, 6.07) is 69.4. The zero-order chi connectivity index (χ0) is 36.9. The molecule has 0 bridgehead atoms. The first-order valence-electron chi connectivity index (χ1n) is 19.0. The van der Waals surface area contributed by atoms with Gasteiger partial charge < -0.3 is 0 Å². The third-order valence-electron chi connectivity index (χ3n) is 11.3. The molecule has 0 N–H and O–H groups in total. The molecule has 0 saturated heterocycles. The van der Waals surface area contributed by atoms with Gasteiger partial charge in [0, 0.05) is 22.1 Å². The first kappa shape index (κ1) is 32.7. The first-order valence-corrected chi connectivity index (χ1v) is 19.0. The van der Waals surface area contributed by atoms with Crippen LogP contribution in [0.4, 0.5) is 0 Å². The van der Waals surface area contributed by atoms with Gasteiger partial charge in [0.1, 0.15) is 0 Å². The van der Waals surface area contributed by atoms with Crippen molar-refractivity contribution < 1.29 is 0 Å². The summed E-state index contributed by atoms with van der Waals surface area (Å²) in [6.07, 6.45) is 0. The van der Waals surface area contributed by atoms with E-state index >= 15 is 0 Å². The molecule has 0 spiro atoms. The second-order valence-corrected chi connectivity index (χ2v) is 15.0. The quantitative estimate of drug-likeness (QED) is 0.172. The van der Waals surface area contributed by atoms with Crippen LogP contribution in [-0.2, 0) is 5.41 Å². The maximum atomic E-state index is 5.27. The molecule has 0 saturated carbocycles. The molecule has 2 nitrogen and oxygen atoms in total. The van der Waals surface area contributed by atoms with Gasteiger partial charge in [-0.05, 0) is 84.6 Å². The average molecular weight is 703 g/mol. The van der Waals surface area contributed by atoms with Crippen LogP contribution in [0.25, 0.3) is 89.2 Å². The number of nitrogens with zero attached hydrogens (tertiary/aromatic N) is 2. The lowest BCUT2D eigenvalue weighted by atomic mass is 9.79. The number of rotatable bonds is 6. The molecule has 10 rings (SSSR count). The standard InChI is InChI=1S/C53H38N2/c1-53(2)47-23-12-11-22-45(47)50-46(33-42-18-9-10-21-44(42)51(50)53)41-19-13-20-43(32-41)52-54-48(39-28-24-37(25-29-39)35-14-5-3-6-15-35)34-49(55-52)40-30-26-38(27-31-40)36-16-7-4-8-17-36/h3-34H,1-2H3. The third kappa shape index (κ3) is 5.75. The lowest BCUT2D eigenvalue weighted by Gasteiger charge is -2.24. The Kier molecular flexibility index (Phi) is 7.85. The fourth-order valence-corrected chi connectivity index (χ4v) is 8.51. The van der Waals surface area contributed by atoms with Crippen LogP contribution in [0.15, 0.2) is 194 Å².